The zero-order chi connectivity index (χ0) is 85.1. The molecule has 0 saturated heterocycles. The van der Waals surface area contributed by atoms with Gasteiger partial charge in [0.25, 0.3) is 17.6 Å². The van der Waals surface area contributed by atoms with Crippen LogP contribution in [0.5, 0.6) is 23.0 Å². The molecule has 0 spiro atoms. The van der Waals surface area contributed by atoms with E-state index in [9.17, 15) is 74.1 Å². The molecule has 4 aliphatic heterocycles. The summed E-state index contributed by atoms with van der Waals surface area (Å²) in [5.74, 6) is -13.9. The summed E-state index contributed by atoms with van der Waals surface area (Å²) < 4.78 is 60.0. The molecule has 0 radical (unpaired) electrons. The number of aliphatic hydroxyl groups excluding tert-OH is 5. The van der Waals surface area contributed by atoms with E-state index in [2.05, 4.69) is 10.6 Å². The number of nitrogens with one attached hydrogen (secondary N) is 2. The number of allylic oxidation sites excluding steroid dienone is 4. The lowest BCUT2D eigenvalue weighted by atomic mass is 9.78. The van der Waals surface area contributed by atoms with Crippen LogP contribution in [0.1, 0.15) is 124 Å². The molecule has 6 heterocycles. The second kappa shape index (κ2) is 33.5. The third-order valence-electron chi connectivity index (χ3n) is 22.8. The van der Waals surface area contributed by atoms with Gasteiger partial charge in [-0.1, -0.05) is 97.9 Å². The highest BCUT2D eigenvalue weighted by atomic mass is 16.7. The number of aryl methyl sites for hydroxylation is 1. The van der Waals surface area contributed by atoms with Crippen LogP contribution in [-0.2, 0) is 47.6 Å². The van der Waals surface area contributed by atoms with Crippen molar-refractivity contribution in [2.75, 3.05) is 24.9 Å². The monoisotopic (exact) mass is 1600 g/mol. The average Bonchev–Trinajstić information content (AvgIpc) is 1.56. The summed E-state index contributed by atoms with van der Waals surface area (Å²) in [6, 6.07) is 9.13. The zero-order valence-electron chi connectivity index (χ0n) is 67.8. The van der Waals surface area contributed by atoms with Crippen molar-refractivity contribution >= 4 is 113 Å². The van der Waals surface area contributed by atoms with Crippen molar-refractivity contribution in [2.45, 2.75) is 178 Å². The smallest absolute Gasteiger partial charge is 0.312 e. The average molecular weight is 1600 g/mol. The first-order chi connectivity index (χ1) is 54.6. The normalized spacial score (nSPS) is 30.4. The summed E-state index contributed by atoms with van der Waals surface area (Å²) in [7, 11) is 2.89. The van der Waals surface area contributed by atoms with Gasteiger partial charge in [-0.05, 0) is 76.6 Å². The molecule has 8 bridgehead atoms. The number of aliphatic hydroxyl groups is 5. The Morgan fingerprint density at radius 1 is 0.509 bits per heavy atom. The number of esters is 2. The van der Waals surface area contributed by atoms with Crippen molar-refractivity contribution in [3.8, 4) is 23.0 Å². The number of hydrogen-bond acceptors (Lipinski definition) is 27. The standard InChI is InChI=1S/C44H50N2O12.C43H48N2O13/c1-19-14-15-27-29(18-19)57-41-33(45-27)30-31-37(50)25(7)40-32(30)42(52)44(9,58-40)55-17-16-28(54-10)22(4)39(56-26(8)47)24(6)36(49)23(5)35(48)20(2)12-11-13-21(3)43(53)46-34(41)38(31)51;1-18-11-10-12-19(2)42(53)45-33-37(51)30-29(32-40(33)57-28-17-25(47)13-14-26(28)44-32)31-39(23(6)36(30)50)58-43(8,41(31)52)55-16-15-27(54-9)20(3)38(56-24(7)46)22(5)35(49)21(4)34(18)48/h11-18,20,22-24,28,35-36,39,48-49,51H,1-10H3,(H,46,53);10-18,20-22,27,34-35,38,48-50,52H,1-9H3,(H,45,53)/b12-11+,17-16+,21-13-;11-10+,16-15+,19-12-/t20-,22+,23+,24+,28-,35-,36+,39+,44-;18-,20+,21+,22+,27-,34-,35+,38+,43-/m00/s1. The summed E-state index contributed by atoms with van der Waals surface area (Å²) in [6.45, 7) is 27.0. The van der Waals surface area contributed by atoms with E-state index in [1.165, 1.54) is 125 Å². The number of hydrogen-bond donors (Lipinski definition) is 9. The molecule has 8 aromatic rings. The van der Waals surface area contributed by atoms with Gasteiger partial charge in [-0.15, -0.1) is 0 Å². The predicted molar refractivity (Wildman–Crippen MR) is 432 cm³/mol. The maximum absolute atomic E-state index is 14.6. The van der Waals surface area contributed by atoms with E-state index in [0.717, 1.165) is 5.56 Å². The molecule has 616 valence electrons. The van der Waals surface area contributed by atoms with E-state index < -0.39 is 171 Å². The van der Waals surface area contributed by atoms with Crippen molar-refractivity contribution in [3.63, 3.8) is 0 Å². The number of ether oxygens (including phenoxy) is 8. The number of Topliss-reactive ketones (excluding diaryl/α,β-unsaturated/α-hetero) is 1. The number of nitrogens with zero attached hydrogens (tertiary/aromatic N) is 2. The van der Waals surface area contributed by atoms with Gasteiger partial charge in [-0.3, -0.25) is 38.4 Å². The van der Waals surface area contributed by atoms with Crippen LogP contribution in [0.25, 0.3) is 71.7 Å². The van der Waals surface area contributed by atoms with Crippen molar-refractivity contribution < 1.29 is 106 Å². The number of carbonyl (C=O) groups excluding carboxylic acids is 5. The Hall–Kier alpha value is -11.3. The van der Waals surface area contributed by atoms with Gasteiger partial charge in [-0.25, -0.2) is 9.97 Å². The van der Waals surface area contributed by atoms with Crippen LogP contribution >= 0.6 is 0 Å². The molecule has 29 nitrogen and oxygen atoms in total. The van der Waals surface area contributed by atoms with E-state index in [-0.39, 0.29) is 111 Å². The van der Waals surface area contributed by atoms with Crippen molar-refractivity contribution in [1.29, 1.82) is 0 Å². The first kappa shape index (κ1) is 85.5. The molecular weight excluding hydrogens is 1500 g/mol. The number of carbonyl (C=O) groups is 5. The molecule has 0 saturated carbocycles. The molecule has 6 aromatic carbocycles. The number of aromatic nitrogens is 2. The highest BCUT2D eigenvalue weighted by molar-refractivity contribution is 6.27. The number of rotatable bonds is 4. The number of fused-ring (bicyclic) bond motifs is 4. The van der Waals surface area contributed by atoms with Crippen molar-refractivity contribution in [3.05, 3.63) is 167 Å². The fourth-order valence-electron chi connectivity index (χ4n) is 15.7. The zero-order valence-corrected chi connectivity index (χ0v) is 67.8. The van der Waals surface area contributed by atoms with Crippen LogP contribution in [0.2, 0.25) is 0 Å². The van der Waals surface area contributed by atoms with E-state index >= 15 is 0 Å². The van der Waals surface area contributed by atoms with Crippen molar-refractivity contribution in [1.82, 2.24) is 9.97 Å². The van der Waals surface area contributed by atoms with E-state index in [1.807, 2.05) is 13.0 Å². The van der Waals surface area contributed by atoms with Crippen LogP contribution in [0.3, 0.4) is 0 Å². The lowest BCUT2D eigenvalue weighted by Gasteiger charge is -2.38. The first-order valence-electron chi connectivity index (χ1n) is 38.1. The number of phenolic OH excluding ortho intramolecular Hbond substituents is 2. The molecule has 0 aliphatic carbocycles. The largest absolute Gasteiger partial charge is 0.507 e. The van der Waals surface area contributed by atoms with Gasteiger partial charge in [0.05, 0.1) is 70.7 Å². The molecule has 2 aromatic heterocycles. The summed E-state index contributed by atoms with van der Waals surface area (Å²) >= 11 is 0. The molecule has 0 unspecified atom stereocenters. The number of ketones is 1. The molecule has 12 rings (SSSR count). The quantitative estimate of drug-likeness (QED) is 0.0342. The first-order valence-corrected chi connectivity index (χ1v) is 38.1. The van der Waals surface area contributed by atoms with Gasteiger partial charge >= 0.3 is 23.5 Å². The van der Waals surface area contributed by atoms with Gasteiger partial charge in [-0.2, -0.15) is 0 Å². The van der Waals surface area contributed by atoms with E-state index in [1.54, 1.807) is 91.8 Å². The van der Waals surface area contributed by atoms with Gasteiger partial charge in [0, 0.05) is 128 Å². The minimum atomic E-state index is -2.02. The third kappa shape index (κ3) is 15.9. The topological polar surface area (TPSA) is 428 Å². The Bertz CT molecular complexity index is 5780. The Kier molecular flexibility index (Phi) is 24.7. The Labute approximate surface area is 666 Å². The number of phenols is 2. The third-order valence-corrected chi connectivity index (χ3v) is 22.8. The molecule has 0 fully saturated rings. The summed E-state index contributed by atoms with van der Waals surface area (Å²) in [5.41, 5.74) is -0.865. The molecule has 116 heavy (non-hydrogen) atoms. The second-order valence-electron chi connectivity index (χ2n) is 31.1. The minimum Gasteiger partial charge on any atom is -0.507 e. The van der Waals surface area contributed by atoms with Crippen LogP contribution in [0, 0.1) is 68.1 Å². The van der Waals surface area contributed by atoms with Crippen LogP contribution in [0.15, 0.2) is 132 Å². The van der Waals surface area contributed by atoms with Gasteiger partial charge < -0.3 is 93.1 Å². The van der Waals surface area contributed by atoms with Gasteiger partial charge in [0.1, 0.15) is 62.9 Å². The molecular formula is C87H98N4O25. The maximum Gasteiger partial charge on any atom is 0.312 e. The predicted octanol–water partition coefficient (Wildman–Crippen LogP) is 10.9. The number of methoxy groups -OCH3 is 2. The van der Waals surface area contributed by atoms with Gasteiger partial charge in [0.2, 0.25) is 5.43 Å². The number of aromatic hydroxyl groups is 2. The molecule has 2 amide bonds. The SMILES string of the molecule is CO[C@H]1/C=C/O[C@@]2(C)Oc3c(C)c(=O)c4c(O)c(c5oc6cc(C)ccc6nc5c4c3C2=O)NC(=O)/C(C)=C\C=C\[C@H](C)[C@H](O)[C@@H](C)[C@@H](O)[C@@H](C)[C@H](OC(C)=O)[C@@H]1C.CO[C@H]1/C=C/O[C@@]2(C)Oc3c(C)c(O)c4c(=O)c(c5oc6cc(=O)ccc6nc5c4c3=C2O)NC(=O)/C(C)=C\C=C\[C@H](C)[C@H](O)[C@@H](C)[C@@H](O)[C@@H](C)[C@H](OC(C)=O)[C@@H]1C. The number of benzene rings is 6. The Morgan fingerprint density at radius 2 is 0.966 bits per heavy atom. The van der Waals surface area contributed by atoms with Crippen molar-refractivity contribution in [2.24, 2.45) is 47.3 Å². The van der Waals surface area contributed by atoms with Crippen LogP contribution in [-0.4, -0.2) is 150 Å². The second-order valence-corrected chi connectivity index (χ2v) is 31.1. The van der Waals surface area contributed by atoms with Gasteiger partial charge in [0.15, 0.2) is 44.7 Å². The summed E-state index contributed by atoms with van der Waals surface area (Å²) in [5, 5.41) is 85.8. The Balaban J connectivity index is 0.000000228. The Morgan fingerprint density at radius 3 is 1.47 bits per heavy atom. The number of amides is 2. The fraction of sp³-hybridized carbons (Fsp3) is 0.425. The van der Waals surface area contributed by atoms with Crippen LogP contribution < -0.4 is 41.6 Å². The molecule has 29 heteroatoms. The fourth-order valence-corrected chi connectivity index (χ4v) is 15.7. The molecule has 9 N–H and O–H groups in total. The van der Waals surface area contributed by atoms with E-state index in [4.69, 9.17) is 56.7 Å². The molecule has 18 atom stereocenters. The lowest BCUT2D eigenvalue weighted by Crippen LogP contribution is -2.46. The maximum atomic E-state index is 14.6. The van der Waals surface area contributed by atoms with E-state index in [0.29, 0.717) is 11.1 Å². The molecule has 4 aliphatic rings. The number of anilines is 2. The highest BCUT2D eigenvalue weighted by Gasteiger charge is 2.51. The minimum absolute atomic E-state index is 0.00450. The lowest BCUT2D eigenvalue weighted by molar-refractivity contribution is -0.161. The van der Waals surface area contributed by atoms with Crippen LogP contribution in [0.4, 0.5) is 11.4 Å². The summed E-state index contributed by atoms with van der Waals surface area (Å²) in [4.78, 5) is 117. The highest BCUT2D eigenvalue weighted by Crippen LogP contribution is 2.50. The summed E-state index contributed by atoms with van der Waals surface area (Å²) in [6.07, 6.45) is 7.22.